The van der Waals surface area contributed by atoms with E-state index in [2.05, 4.69) is 6.92 Å². The summed E-state index contributed by atoms with van der Waals surface area (Å²) in [6, 6.07) is 8.04. The van der Waals surface area contributed by atoms with Crippen LogP contribution < -0.4 is 0 Å². The van der Waals surface area contributed by atoms with Crippen molar-refractivity contribution in [3.63, 3.8) is 0 Å². The van der Waals surface area contributed by atoms with Crippen molar-refractivity contribution in [3.05, 3.63) is 29.8 Å². The van der Waals surface area contributed by atoms with Crippen LogP contribution in [0, 0.1) is 0 Å². The van der Waals surface area contributed by atoms with E-state index in [1.54, 1.807) is 11.8 Å². The van der Waals surface area contributed by atoms with Crippen molar-refractivity contribution < 1.29 is 19.4 Å². The van der Waals surface area contributed by atoms with E-state index in [0.717, 1.165) is 23.3 Å². The highest BCUT2D eigenvalue weighted by molar-refractivity contribution is 7.99. The van der Waals surface area contributed by atoms with Crippen molar-refractivity contribution in [1.82, 2.24) is 0 Å². The number of hydrogen-bond donors (Lipinski definition) is 1. The molecule has 1 aliphatic heterocycles. The lowest BCUT2D eigenvalue weighted by molar-refractivity contribution is -0.143. The molecule has 0 aromatic heterocycles. The average molecular weight is 409 g/mol. The number of thioether (sulfide) groups is 1. The van der Waals surface area contributed by atoms with E-state index in [1.165, 1.54) is 25.7 Å². The summed E-state index contributed by atoms with van der Waals surface area (Å²) in [6.45, 7) is 5.33. The van der Waals surface area contributed by atoms with E-state index in [-0.39, 0.29) is 12.1 Å². The smallest absolute Gasteiger partial charge is 0.306 e. The first-order chi connectivity index (χ1) is 13.5. The number of esters is 1. The lowest BCUT2D eigenvalue weighted by atomic mass is 9.84. The predicted molar refractivity (Wildman–Crippen MR) is 115 cm³/mol. The van der Waals surface area contributed by atoms with E-state index in [4.69, 9.17) is 9.47 Å². The van der Waals surface area contributed by atoms with Gasteiger partial charge in [0.25, 0.3) is 0 Å². The number of ether oxygens (including phenoxy) is 2. The van der Waals surface area contributed by atoms with Gasteiger partial charge in [0.1, 0.15) is 0 Å². The first-order valence-electron chi connectivity index (χ1n) is 10.8. The van der Waals surface area contributed by atoms with Crippen LogP contribution in [0.4, 0.5) is 0 Å². The maximum absolute atomic E-state index is 11.9. The van der Waals surface area contributed by atoms with Gasteiger partial charge in [0, 0.05) is 23.5 Å². The van der Waals surface area contributed by atoms with Crippen LogP contribution in [0.3, 0.4) is 0 Å². The van der Waals surface area contributed by atoms with Crippen molar-refractivity contribution in [2.24, 2.45) is 0 Å². The minimum absolute atomic E-state index is 0.0662. The van der Waals surface area contributed by atoms with Crippen LogP contribution in [0.1, 0.15) is 77.2 Å². The summed E-state index contributed by atoms with van der Waals surface area (Å²) in [5.41, 5.74) is 0.128. The Kier molecular flexibility index (Phi) is 10.4. The normalized spacial score (nSPS) is 22.2. The highest BCUT2D eigenvalue weighted by atomic mass is 32.2. The molecule has 1 aliphatic rings. The number of rotatable bonds is 12. The zero-order valence-corrected chi connectivity index (χ0v) is 18.3. The van der Waals surface area contributed by atoms with Crippen molar-refractivity contribution >= 4 is 17.7 Å². The number of unbranched alkanes of at least 4 members (excludes halogenated alkanes) is 5. The SMILES string of the molecule is CCCCCCCCOC(=O)CCSc1cccc([C@@]2(O)CCO[C@@H](C)C2)c1. The molecule has 1 N–H and O–H groups in total. The summed E-state index contributed by atoms with van der Waals surface area (Å²) in [4.78, 5) is 13.0. The zero-order chi connectivity index (χ0) is 20.2. The second kappa shape index (κ2) is 12.5. The molecule has 0 amide bonds. The number of carbonyl (C=O) groups excluding carboxylic acids is 1. The molecule has 1 saturated heterocycles. The van der Waals surface area contributed by atoms with Gasteiger partial charge < -0.3 is 14.6 Å². The van der Waals surface area contributed by atoms with Crippen molar-refractivity contribution in [2.45, 2.75) is 88.2 Å². The third kappa shape index (κ3) is 8.14. The van der Waals surface area contributed by atoms with Crippen LogP contribution in [0.25, 0.3) is 0 Å². The van der Waals surface area contributed by atoms with Gasteiger partial charge in [-0.05, 0) is 31.0 Å². The van der Waals surface area contributed by atoms with Crippen LogP contribution in [0.5, 0.6) is 0 Å². The number of aliphatic hydroxyl groups is 1. The van der Waals surface area contributed by atoms with Gasteiger partial charge in [-0.3, -0.25) is 4.79 Å². The van der Waals surface area contributed by atoms with Crippen LogP contribution in [0.15, 0.2) is 29.2 Å². The van der Waals surface area contributed by atoms with Gasteiger partial charge in [-0.25, -0.2) is 0 Å². The zero-order valence-electron chi connectivity index (χ0n) is 17.5. The minimum atomic E-state index is -0.815. The van der Waals surface area contributed by atoms with Crippen molar-refractivity contribution in [1.29, 1.82) is 0 Å². The minimum Gasteiger partial charge on any atom is -0.466 e. The van der Waals surface area contributed by atoms with Crippen molar-refractivity contribution in [2.75, 3.05) is 19.0 Å². The third-order valence-electron chi connectivity index (χ3n) is 5.25. The van der Waals surface area contributed by atoms with Crippen LogP contribution in [-0.2, 0) is 19.9 Å². The number of hydrogen-bond acceptors (Lipinski definition) is 5. The van der Waals surface area contributed by atoms with Crippen molar-refractivity contribution in [3.8, 4) is 0 Å². The average Bonchev–Trinajstić information content (AvgIpc) is 2.67. The molecule has 0 bridgehead atoms. The maximum Gasteiger partial charge on any atom is 0.306 e. The second-order valence-electron chi connectivity index (χ2n) is 7.78. The van der Waals surface area contributed by atoms with Crippen LogP contribution in [-0.4, -0.2) is 36.1 Å². The topological polar surface area (TPSA) is 55.8 Å². The Hall–Kier alpha value is -1.04. The Morgan fingerprint density at radius 3 is 2.86 bits per heavy atom. The molecule has 0 aliphatic carbocycles. The van der Waals surface area contributed by atoms with Gasteiger partial charge in [0.15, 0.2) is 0 Å². The lowest BCUT2D eigenvalue weighted by Gasteiger charge is -2.36. The van der Waals surface area contributed by atoms with Gasteiger partial charge in [0.2, 0.25) is 0 Å². The monoisotopic (exact) mass is 408 g/mol. The molecule has 1 aromatic carbocycles. The molecule has 0 unspecified atom stereocenters. The molecule has 28 heavy (non-hydrogen) atoms. The third-order valence-corrected chi connectivity index (χ3v) is 6.25. The molecule has 4 nitrogen and oxygen atoms in total. The Morgan fingerprint density at radius 2 is 2.07 bits per heavy atom. The molecule has 0 radical (unpaired) electrons. The quantitative estimate of drug-likeness (QED) is 0.283. The maximum atomic E-state index is 11.9. The van der Waals surface area contributed by atoms with Gasteiger partial charge in [-0.15, -0.1) is 11.8 Å². The highest BCUT2D eigenvalue weighted by Gasteiger charge is 2.35. The second-order valence-corrected chi connectivity index (χ2v) is 8.95. The molecule has 1 fully saturated rings. The summed E-state index contributed by atoms with van der Waals surface area (Å²) >= 11 is 1.64. The summed E-state index contributed by atoms with van der Waals surface area (Å²) in [5, 5.41) is 11.0. The van der Waals surface area contributed by atoms with E-state index in [9.17, 15) is 9.90 Å². The predicted octanol–water partition coefficient (Wildman–Crippen LogP) is 5.46. The molecule has 0 spiro atoms. The van der Waals surface area contributed by atoms with Crippen LogP contribution in [0.2, 0.25) is 0 Å². The molecule has 1 heterocycles. The Morgan fingerprint density at radius 1 is 1.29 bits per heavy atom. The standard InChI is InChI=1S/C23H36O4S/c1-3-4-5-6-7-8-14-27-22(24)12-16-28-21-11-9-10-20(17-21)23(25)13-15-26-19(2)18-23/h9-11,17,19,25H,3-8,12-16,18H2,1-2H3/t19-,23+/m0/s1. The van der Waals surface area contributed by atoms with E-state index >= 15 is 0 Å². The largest absolute Gasteiger partial charge is 0.466 e. The van der Waals surface area contributed by atoms with Crippen LogP contribution >= 0.6 is 11.8 Å². The molecular weight excluding hydrogens is 372 g/mol. The van der Waals surface area contributed by atoms with Gasteiger partial charge in [-0.2, -0.15) is 0 Å². The van der Waals surface area contributed by atoms with Gasteiger partial charge in [-0.1, -0.05) is 51.2 Å². The van der Waals surface area contributed by atoms with E-state index in [1.807, 2.05) is 31.2 Å². The Balaban J connectivity index is 1.67. The summed E-state index contributed by atoms with van der Waals surface area (Å²) < 4.78 is 10.9. The summed E-state index contributed by atoms with van der Waals surface area (Å²) in [5.74, 6) is 0.575. The molecule has 0 saturated carbocycles. The molecule has 5 heteroatoms. The molecule has 1 aromatic rings. The fourth-order valence-corrected chi connectivity index (χ4v) is 4.49. The summed E-state index contributed by atoms with van der Waals surface area (Å²) in [6.07, 6.45) is 8.88. The number of benzene rings is 1. The Labute approximate surface area is 174 Å². The summed E-state index contributed by atoms with van der Waals surface area (Å²) in [7, 11) is 0. The fraction of sp³-hybridized carbons (Fsp3) is 0.696. The first kappa shape index (κ1) is 23.2. The van der Waals surface area contributed by atoms with Gasteiger partial charge >= 0.3 is 5.97 Å². The van der Waals surface area contributed by atoms with E-state index in [0.29, 0.717) is 38.2 Å². The molecular formula is C23H36O4S. The first-order valence-corrected chi connectivity index (χ1v) is 11.7. The lowest BCUT2D eigenvalue weighted by Crippen LogP contribution is -2.37. The molecule has 158 valence electrons. The van der Waals surface area contributed by atoms with Gasteiger partial charge in [0.05, 0.1) is 31.3 Å². The van der Waals surface area contributed by atoms with E-state index < -0.39 is 5.60 Å². The number of carbonyl (C=O) groups is 1. The Bertz CT molecular complexity index is 592. The fourth-order valence-electron chi connectivity index (χ4n) is 3.60. The molecule has 2 rings (SSSR count). The molecule has 2 atom stereocenters. The highest BCUT2D eigenvalue weighted by Crippen LogP contribution is 2.36.